The quantitative estimate of drug-likeness (QED) is 0.935. The average Bonchev–Trinajstić information content (AvgIpc) is 2.40. The molecule has 2 rings (SSSR count). The molecule has 3 heteroatoms. The van der Waals surface area contributed by atoms with Gasteiger partial charge < -0.3 is 5.32 Å². The van der Waals surface area contributed by atoms with Gasteiger partial charge in [0.05, 0.1) is 0 Å². The molecule has 0 saturated heterocycles. The summed E-state index contributed by atoms with van der Waals surface area (Å²) in [5.41, 5.74) is 3.89. The summed E-state index contributed by atoms with van der Waals surface area (Å²) in [5.74, 6) is 0.334. The highest BCUT2D eigenvalue weighted by Gasteiger charge is 2.15. The van der Waals surface area contributed by atoms with Crippen LogP contribution in [0.25, 0.3) is 0 Å². The molecule has 1 N–H and O–H groups in total. The Morgan fingerprint density at radius 3 is 2.83 bits per heavy atom. The lowest BCUT2D eigenvalue weighted by atomic mass is 9.89. The van der Waals surface area contributed by atoms with E-state index >= 15 is 0 Å². The van der Waals surface area contributed by atoms with Crippen LogP contribution in [0.15, 0.2) is 47.2 Å². The third kappa shape index (κ3) is 2.98. The number of aromatic nitrogens is 1. The van der Waals surface area contributed by atoms with E-state index in [1.807, 2.05) is 25.5 Å². The molecule has 1 unspecified atom stereocenters. The van der Waals surface area contributed by atoms with Gasteiger partial charge in [0, 0.05) is 29.3 Å². The zero-order valence-electron chi connectivity index (χ0n) is 10.7. The van der Waals surface area contributed by atoms with Crippen LogP contribution in [-0.4, -0.2) is 18.6 Å². The van der Waals surface area contributed by atoms with Gasteiger partial charge in [-0.2, -0.15) is 0 Å². The predicted octanol–water partition coefficient (Wildman–Crippen LogP) is 3.50. The first-order valence-corrected chi connectivity index (χ1v) is 6.82. The fourth-order valence-corrected chi connectivity index (χ4v) is 2.56. The van der Waals surface area contributed by atoms with Gasteiger partial charge >= 0.3 is 0 Å². The maximum atomic E-state index is 4.23. The third-order valence-electron chi connectivity index (χ3n) is 3.11. The number of halogens is 1. The van der Waals surface area contributed by atoms with Crippen LogP contribution in [0.5, 0.6) is 0 Å². The molecule has 2 aromatic rings. The molecule has 0 spiro atoms. The van der Waals surface area contributed by atoms with Crippen molar-refractivity contribution in [2.24, 2.45) is 0 Å². The molecule has 2 nitrogen and oxygen atoms in total. The largest absolute Gasteiger partial charge is 0.319 e. The molecular weight excluding hydrogens is 288 g/mol. The fraction of sp³-hybridized carbons (Fsp3) is 0.267. The molecule has 0 aliphatic rings. The van der Waals surface area contributed by atoms with Gasteiger partial charge in [-0.15, -0.1) is 0 Å². The lowest BCUT2D eigenvalue weighted by Crippen LogP contribution is -2.19. The van der Waals surface area contributed by atoms with Crippen LogP contribution in [-0.2, 0) is 0 Å². The molecule has 0 saturated carbocycles. The summed E-state index contributed by atoms with van der Waals surface area (Å²) >= 11 is 3.55. The van der Waals surface area contributed by atoms with E-state index in [0.29, 0.717) is 5.92 Å². The Morgan fingerprint density at radius 2 is 2.17 bits per heavy atom. The number of nitrogens with zero attached hydrogens (tertiary/aromatic N) is 1. The minimum absolute atomic E-state index is 0.334. The van der Waals surface area contributed by atoms with Crippen LogP contribution < -0.4 is 5.32 Å². The lowest BCUT2D eigenvalue weighted by Gasteiger charge is -2.19. The van der Waals surface area contributed by atoms with Crippen LogP contribution in [0.1, 0.15) is 22.6 Å². The number of likely N-dealkylation sites (N-methyl/N-ethyl adjacent to an activating group) is 1. The standard InChI is InChI=1S/C15H17BrN2/c1-11-5-6-13(16)8-14(11)15(10-17-2)12-4-3-7-18-9-12/h3-9,15,17H,10H2,1-2H3. The van der Waals surface area contributed by atoms with Gasteiger partial charge in [-0.3, -0.25) is 4.98 Å². The van der Waals surface area contributed by atoms with Crippen LogP contribution in [0.2, 0.25) is 0 Å². The van der Waals surface area contributed by atoms with E-state index in [4.69, 9.17) is 0 Å². The fourth-order valence-electron chi connectivity index (χ4n) is 2.18. The second-order valence-corrected chi connectivity index (χ2v) is 5.31. The van der Waals surface area contributed by atoms with E-state index < -0.39 is 0 Å². The van der Waals surface area contributed by atoms with E-state index in [0.717, 1.165) is 11.0 Å². The molecule has 18 heavy (non-hydrogen) atoms. The van der Waals surface area contributed by atoms with Gasteiger partial charge in [0.2, 0.25) is 0 Å². The minimum atomic E-state index is 0.334. The van der Waals surface area contributed by atoms with Crippen molar-refractivity contribution >= 4 is 15.9 Å². The second kappa shape index (κ2) is 6.12. The topological polar surface area (TPSA) is 24.9 Å². The van der Waals surface area contributed by atoms with E-state index in [-0.39, 0.29) is 0 Å². The Hall–Kier alpha value is -1.19. The smallest absolute Gasteiger partial charge is 0.0306 e. The number of pyridine rings is 1. The summed E-state index contributed by atoms with van der Waals surface area (Å²) in [6, 6.07) is 10.6. The zero-order chi connectivity index (χ0) is 13.0. The van der Waals surface area contributed by atoms with Crippen LogP contribution in [0.3, 0.4) is 0 Å². The highest BCUT2D eigenvalue weighted by atomic mass is 79.9. The number of hydrogen-bond acceptors (Lipinski definition) is 2. The number of benzene rings is 1. The van der Waals surface area contributed by atoms with Gasteiger partial charge in [-0.25, -0.2) is 0 Å². The summed E-state index contributed by atoms with van der Waals surface area (Å²) < 4.78 is 1.12. The summed E-state index contributed by atoms with van der Waals surface area (Å²) in [6.07, 6.45) is 3.76. The second-order valence-electron chi connectivity index (χ2n) is 4.40. The molecule has 1 aromatic carbocycles. The van der Waals surface area contributed by atoms with Gasteiger partial charge in [0.1, 0.15) is 0 Å². The van der Waals surface area contributed by atoms with Gasteiger partial charge in [-0.05, 0) is 48.9 Å². The minimum Gasteiger partial charge on any atom is -0.319 e. The molecule has 94 valence electrons. The Bertz CT molecular complexity index is 511. The number of hydrogen-bond donors (Lipinski definition) is 1. The Labute approximate surface area is 117 Å². The summed E-state index contributed by atoms with van der Waals surface area (Å²) in [6.45, 7) is 3.06. The molecule has 1 atom stereocenters. The number of rotatable bonds is 4. The molecule has 0 fully saturated rings. The van der Waals surface area contributed by atoms with E-state index in [2.05, 4.69) is 57.4 Å². The molecule has 0 aliphatic carbocycles. The van der Waals surface area contributed by atoms with Crippen molar-refractivity contribution in [1.82, 2.24) is 10.3 Å². The first kappa shape index (κ1) is 13.2. The van der Waals surface area contributed by atoms with Crippen LogP contribution in [0, 0.1) is 6.92 Å². The first-order chi connectivity index (χ1) is 8.72. The van der Waals surface area contributed by atoms with Crippen molar-refractivity contribution in [3.63, 3.8) is 0 Å². The van der Waals surface area contributed by atoms with Gasteiger partial charge in [-0.1, -0.05) is 28.1 Å². The van der Waals surface area contributed by atoms with Crippen molar-refractivity contribution in [1.29, 1.82) is 0 Å². The maximum Gasteiger partial charge on any atom is 0.0306 e. The Morgan fingerprint density at radius 1 is 1.33 bits per heavy atom. The monoisotopic (exact) mass is 304 g/mol. The summed E-state index contributed by atoms with van der Waals surface area (Å²) in [7, 11) is 1.98. The molecular formula is C15H17BrN2. The van der Waals surface area contributed by atoms with Crippen molar-refractivity contribution in [2.45, 2.75) is 12.8 Å². The van der Waals surface area contributed by atoms with Gasteiger partial charge in [0.25, 0.3) is 0 Å². The van der Waals surface area contributed by atoms with Crippen molar-refractivity contribution in [3.05, 3.63) is 63.9 Å². The Balaban J connectivity index is 2.44. The highest BCUT2D eigenvalue weighted by molar-refractivity contribution is 9.10. The SMILES string of the molecule is CNCC(c1cccnc1)c1cc(Br)ccc1C. The highest BCUT2D eigenvalue weighted by Crippen LogP contribution is 2.28. The van der Waals surface area contributed by atoms with E-state index in [1.165, 1.54) is 16.7 Å². The average molecular weight is 305 g/mol. The van der Waals surface area contributed by atoms with Crippen molar-refractivity contribution in [2.75, 3.05) is 13.6 Å². The number of nitrogens with one attached hydrogen (secondary N) is 1. The summed E-state index contributed by atoms with van der Waals surface area (Å²) in [4.78, 5) is 4.23. The van der Waals surface area contributed by atoms with Crippen molar-refractivity contribution < 1.29 is 0 Å². The van der Waals surface area contributed by atoms with Gasteiger partial charge in [0.15, 0.2) is 0 Å². The zero-order valence-corrected chi connectivity index (χ0v) is 12.2. The molecule has 1 heterocycles. The third-order valence-corrected chi connectivity index (χ3v) is 3.60. The Kier molecular flexibility index (Phi) is 4.50. The van der Waals surface area contributed by atoms with Crippen LogP contribution in [0.4, 0.5) is 0 Å². The normalized spacial score (nSPS) is 12.4. The van der Waals surface area contributed by atoms with Crippen molar-refractivity contribution in [3.8, 4) is 0 Å². The molecule has 1 aromatic heterocycles. The summed E-state index contributed by atoms with van der Waals surface area (Å²) in [5, 5.41) is 3.27. The predicted molar refractivity (Wildman–Crippen MR) is 78.9 cm³/mol. The van der Waals surface area contributed by atoms with E-state index in [9.17, 15) is 0 Å². The molecule has 0 aliphatic heterocycles. The molecule has 0 amide bonds. The lowest BCUT2D eigenvalue weighted by molar-refractivity contribution is 0.702. The number of aryl methyl sites for hydroxylation is 1. The van der Waals surface area contributed by atoms with Crippen LogP contribution >= 0.6 is 15.9 Å². The first-order valence-electron chi connectivity index (χ1n) is 6.03. The maximum absolute atomic E-state index is 4.23. The molecule has 0 radical (unpaired) electrons. The van der Waals surface area contributed by atoms with E-state index in [1.54, 1.807) is 0 Å². The molecule has 0 bridgehead atoms.